The fourth-order valence-electron chi connectivity index (χ4n) is 2.98. The van der Waals surface area contributed by atoms with Crippen LogP contribution in [-0.2, 0) is 10.0 Å². The van der Waals surface area contributed by atoms with E-state index in [2.05, 4.69) is 14.9 Å². The van der Waals surface area contributed by atoms with Crippen LogP contribution in [0.25, 0.3) is 11.1 Å². The minimum Gasteiger partial charge on any atom is -0.507 e. The van der Waals surface area contributed by atoms with E-state index < -0.39 is 10.0 Å². The third kappa shape index (κ3) is 4.95. The second-order valence-corrected chi connectivity index (χ2v) is 9.81. The summed E-state index contributed by atoms with van der Waals surface area (Å²) in [6, 6.07) is 19.0. The monoisotopic (exact) mass is 467 g/mol. The summed E-state index contributed by atoms with van der Waals surface area (Å²) in [6.45, 7) is 3.73. The Balaban J connectivity index is 1.63. The lowest BCUT2D eigenvalue weighted by molar-refractivity contribution is 0.473. The van der Waals surface area contributed by atoms with Gasteiger partial charge in [-0.25, -0.2) is 4.98 Å². The van der Waals surface area contributed by atoms with Gasteiger partial charge in [-0.3, -0.25) is 0 Å². The van der Waals surface area contributed by atoms with Gasteiger partial charge in [-0.15, -0.1) is 0 Å². The first-order valence-corrected chi connectivity index (χ1v) is 12.2. The average molecular weight is 468 g/mol. The molecule has 0 fully saturated rings. The second kappa shape index (κ2) is 9.05. The van der Waals surface area contributed by atoms with Gasteiger partial charge in [-0.05, 0) is 55.8 Å². The number of thioether (sulfide) groups is 1. The number of hydrogen-bond donors (Lipinski definition) is 2. The minimum absolute atomic E-state index is 0.0106. The molecule has 7 nitrogen and oxygen atoms in total. The maximum Gasteiger partial charge on any atom is 0.276 e. The molecule has 0 spiro atoms. The summed E-state index contributed by atoms with van der Waals surface area (Å²) in [7, 11) is -3.87. The highest BCUT2D eigenvalue weighted by Crippen LogP contribution is 2.26. The lowest BCUT2D eigenvalue weighted by Crippen LogP contribution is -2.21. The van der Waals surface area contributed by atoms with Crippen molar-refractivity contribution in [3.63, 3.8) is 0 Å². The standard InChI is InChI=1S/C23H21N3O4S2/c1-15-7-10-17(11-8-15)32(28,29)26-25-20(18-12-9-16(2)13-21(18)27)14-31-23-24-19-5-3-4-6-22(19)30-23/h3-13,26-27H,14H2,1-2H3. The van der Waals surface area contributed by atoms with Crippen molar-refractivity contribution >= 4 is 38.6 Å². The van der Waals surface area contributed by atoms with E-state index in [0.717, 1.165) is 16.6 Å². The molecule has 3 aromatic carbocycles. The Morgan fingerprint density at radius 1 is 1.06 bits per heavy atom. The molecular weight excluding hydrogens is 446 g/mol. The van der Waals surface area contributed by atoms with E-state index in [1.165, 1.54) is 23.9 Å². The number of nitrogens with zero attached hydrogens (tertiary/aromatic N) is 2. The van der Waals surface area contributed by atoms with E-state index in [0.29, 0.717) is 22.1 Å². The molecule has 0 saturated heterocycles. The first kappa shape index (κ1) is 21.9. The molecule has 9 heteroatoms. The number of hydrogen-bond acceptors (Lipinski definition) is 7. The Hall–Kier alpha value is -3.30. The highest BCUT2D eigenvalue weighted by molar-refractivity contribution is 7.99. The summed E-state index contributed by atoms with van der Waals surface area (Å²) < 4.78 is 31.1. The van der Waals surface area contributed by atoms with Gasteiger partial charge in [0.25, 0.3) is 15.2 Å². The van der Waals surface area contributed by atoms with E-state index >= 15 is 0 Å². The van der Waals surface area contributed by atoms with Crippen LogP contribution in [0.1, 0.15) is 16.7 Å². The van der Waals surface area contributed by atoms with Gasteiger partial charge in [-0.2, -0.15) is 18.4 Å². The number of hydrazone groups is 1. The Kier molecular flexibility index (Phi) is 6.20. The van der Waals surface area contributed by atoms with Gasteiger partial charge in [-0.1, -0.05) is 47.7 Å². The minimum atomic E-state index is -3.87. The number of fused-ring (bicyclic) bond motifs is 1. The van der Waals surface area contributed by atoms with E-state index in [4.69, 9.17) is 4.42 Å². The summed E-state index contributed by atoms with van der Waals surface area (Å²) in [5.74, 6) is 0.233. The molecule has 4 aromatic rings. The van der Waals surface area contributed by atoms with Crippen molar-refractivity contribution in [2.45, 2.75) is 24.0 Å². The van der Waals surface area contributed by atoms with Crippen LogP contribution in [0.15, 0.2) is 86.4 Å². The van der Waals surface area contributed by atoms with Crippen LogP contribution in [0, 0.1) is 13.8 Å². The maximum atomic E-state index is 12.7. The van der Waals surface area contributed by atoms with Crippen molar-refractivity contribution < 1.29 is 17.9 Å². The molecule has 4 rings (SSSR count). The number of aryl methyl sites for hydroxylation is 2. The normalized spacial score (nSPS) is 12.2. The first-order valence-electron chi connectivity index (χ1n) is 9.75. The Morgan fingerprint density at radius 2 is 1.78 bits per heavy atom. The quantitative estimate of drug-likeness (QED) is 0.233. The van der Waals surface area contributed by atoms with Crippen molar-refractivity contribution in [1.29, 1.82) is 0 Å². The van der Waals surface area contributed by atoms with Gasteiger partial charge in [0.15, 0.2) is 5.58 Å². The zero-order valence-corrected chi connectivity index (χ0v) is 19.1. The average Bonchev–Trinajstić information content (AvgIpc) is 3.18. The summed E-state index contributed by atoms with van der Waals surface area (Å²) in [5, 5.41) is 15.0. The van der Waals surface area contributed by atoms with Crippen LogP contribution in [0.3, 0.4) is 0 Å². The van der Waals surface area contributed by atoms with Gasteiger partial charge in [0.2, 0.25) is 0 Å². The van der Waals surface area contributed by atoms with Crippen LogP contribution >= 0.6 is 11.8 Å². The van der Waals surface area contributed by atoms with Crippen LogP contribution in [0.2, 0.25) is 0 Å². The van der Waals surface area contributed by atoms with E-state index in [1.54, 1.807) is 24.3 Å². The Bertz CT molecular complexity index is 1360. The number of oxazole rings is 1. The molecule has 0 saturated carbocycles. The lowest BCUT2D eigenvalue weighted by Gasteiger charge is -2.10. The van der Waals surface area contributed by atoms with Gasteiger partial charge in [0.05, 0.1) is 10.6 Å². The summed E-state index contributed by atoms with van der Waals surface area (Å²) in [5.41, 5.74) is 3.97. The van der Waals surface area contributed by atoms with Gasteiger partial charge < -0.3 is 9.52 Å². The largest absolute Gasteiger partial charge is 0.507 e. The third-order valence-electron chi connectivity index (χ3n) is 4.70. The topological polar surface area (TPSA) is 105 Å². The molecule has 0 radical (unpaired) electrons. The zero-order valence-electron chi connectivity index (χ0n) is 17.4. The molecule has 0 aliphatic rings. The van der Waals surface area contributed by atoms with E-state index in [1.807, 2.05) is 44.2 Å². The molecule has 32 heavy (non-hydrogen) atoms. The van der Waals surface area contributed by atoms with E-state index in [-0.39, 0.29) is 16.4 Å². The van der Waals surface area contributed by atoms with E-state index in [9.17, 15) is 13.5 Å². The molecule has 0 amide bonds. The number of aromatic hydroxyl groups is 1. The number of aromatic nitrogens is 1. The van der Waals surface area contributed by atoms with Crippen LogP contribution in [0.5, 0.6) is 5.75 Å². The second-order valence-electron chi connectivity index (χ2n) is 7.22. The zero-order chi connectivity index (χ0) is 22.7. The van der Waals surface area contributed by atoms with Crippen LogP contribution in [-0.4, -0.2) is 30.0 Å². The van der Waals surface area contributed by atoms with Crippen LogP contribution in [0.4, 0.5) is 0 Å². The van der Waals surface area contributed by atoms with Crippen molar-refractivity contribution in [2.24, 2.45) is 5.10 Å². The molecule has 2 N–H and O–H groups in total. The fraction of sp³-hybridized carbons (Fsp3) is 0.130. The Labute approximate surface area is 190 Å². The predicted molar refractivity (Wildman–Crippen MR) is 126 cm³/mol. The molecule has 164 valence electrons. The van der Waals surface area contributed by atoms with Gasteiger partial charge in [0, 0.05) is 11.3 Å². The van der Waals surface area contributed by atoms with Crippen molar-refractivity contribution in [3.05, 3.63) is 83.4 Å². The number of phenols is 1. The van der Waals surface area contributed by atoms with Crippen LogP contribution < -0.4 is 4.83 Å². The van der Waals surface area contributed by atoms with Crippen molar-refractivity contribution in [3.8, 4) is 5.75 Å². The summed E-state index contributed by atoms with van der Waals surface area (Å²) >= 11 is 1.26. The first-order chi connectivity index (χ1) is 15.3. The highest BCUT2D eigenvalue weighted by atomic mass is 32.2. The molecule has 0 unspecified atom stereocenters. The number of phenolic OH excluding ortho intramolecular Hbond substituents is 1. The highest BCUT2D eigenvalue weighted by Gasteiger charge is 2.17. The molecule has 0 aliphatic carbocycles. The number of benzene rings is 3. The third-order valence-corrected chi connectivity index (χ3v) is 6.77. The molecular formula is C23H21N3O4S2. The molecule has 0 bridgehead atoms. The smallest absolute Gasteiger partial charge is 0.276 e. The number of rotatable bonds is 7. The maximum absolute atomic E-state index is 12.7. The number of sulfonamides is 1. The van der Waals surface area contributed by atoms with Crippen molar-refractivity contribution in [2.75, 3.05) is 5.75 Å². The Morgan fingerprint density at radius 3 is 2.50 bits per heavy atom. The molecule has 0 atom stereocenters. The van der Waals surface area contributed by atoms with Gasteiger partial charge in [0.1, 0.15) is 11.3 Å². The van der Waals surface area contributed by atoms with Crippen molar-refractivity contribution in [1.82, 2.24) is 9.82 Å². The lowest BCUT2D eigenvalue weighted by atomic mass is 10.1. The predicted octanol–water partition coefficient (Wildman–Crippen LogP) is 4.63. The number of nitrogens with one attached hydrogen (secondary N) is 1. The molecule has 1 heterocycles. The summed E-state index contributed by atoms with van der Waals surface area (Å²) in [4.78, 5) is 6.81. The SMILES string of the molecule is Cc1ccc(S(=O)(=O)NN=C(CSc2nc3ccccc3o2)c2ccc(C)cc2O)cc1. The summed E-state index contributed by atoms with van der Waals surface area (Å²) in [6.07, 6.45) is 0. The molecule has 1 aromatic heterocycles. The van der Waals surface area contributed by atoms with Gasteiger partial charge >= 0.3 is 0 Å². The fourth-order valence-corrected chi connectivity index (χ4v) is 4.61. The molecule has 0 aliphatic heterocycles. The number of para-hydroxylation sites is 2.